The minimum atomic E-state index is -0.0396. The molecular formula is C16H16N2O2. The van der Waals surface area contributed by atoms with Crippen molar-refractivity contribution in [2.45, 2.75) is 12.8 Å². The van der Waals surface area contributed by atoms with Crippen LogP contribution in [0.15, 0.2) is 47.1 Å². The second kappa shape index (κ2) is 7.17. The maximum atomic E-state index is 11.8. The number of nitrogens with one attached hydrogen (secondary N) is 1. The van der Waals surface area contributed by atoms with Gasteiger partial charge in [-0.3, -0.25) is 4.79 Å². The zero-order valence-electron chi connectivity index (χ0n) is 11.1. The molecule has 0 atom stereocenters. The first kappa shape index (κ1) is 13.9. The summed E-state index contributed by atoms with van der Waals surface area (Å²) < 4.78 is 5.18. The Labute approximate surface area is 118 Å². The van der Waals surface area contributed by atoms with Gasteiger partial charge < -0.3 is 15.5 Å². The van der Waals surface area contributed by atoms with Crippen LogP contribution in [0.4, 0.5) is 5.69 Å². The number of aryl methyl sites for hydroxylation is 1. The lowest BCUT2D eigenvalue weighted by Crippen LogP contribution is -2.12. The normalized spacial score (nSPS) is 9.65. The van der Waals surface area contributed by atoms with E-state index in [4.69, 9.17) is 10.2 Å². The number of hydrogen-bond acceptors (Lipinski definition) is 3. The molecule has 20 heavy (non-hydrogen) atoms. The molecule has 1 aromatic heterocycles. The fourth-order valence-corrected chi connectivity index (χ4v) is 1.71. The van der Waals surface area contributed by atoms with Gasteiger partial charge in [0.2, 0.25) is 5.91 Å². The Hall–Kier alpha value is -2.51. The van der Waals surface area contributed by atoms with Crippen LogP contribution in [0.25, 0.3) is 0 Å². The van der Waals surface area contributed by atoms with Crippen molar-refractivity contribution >= 4 is 11.6 Å². The molecule has 0 spiro atoms. The van der Waals surface area contributed by atoms with Crippen LogP contribution in [0.1, 0.15) is 17.7 Å². The van der Waals surface area contributed by atoms with Crippen molar-refractivity contribution in [1.29, 1.82) is 0 Å². The standard InChI is InChI=1S/C16H16N2O2/c17-11-1-3-13-5-7-14(8-6-13)18-16(19)10-9-15-4-2-12-20-15/h2,4-8,12H,9-11,17H2,(H,18,19). The highest BCUT2D eigenvalue weighted by molar-refractivity contribution is 5.90. The van der Waals surface area contributed by atoms with Gasteiger partial charge in [0.05, 0.1) is 12.8 Å². The third-order valence-corrected chi connectivity index (χ3v) is 2.68. The topological polar surface area (TPSA) is 68.3 Å². The second-order valence-corrected chi connectivity index (χ2v) is 4.21. The average molecular weight is 268 g/mol. The average Bonchev–Trinajstić information content (AvgIpc) is 2.98. The third-order valence-electron chi connectivity index (χ3n) is 2.68. The summed E-state index contributed by atoms with van der Waals surface area (Å²) in [6.45, 7) is 0.339. The molecule has 1 heterocycles. The van der Waals surface area contributed by atoms with E-state index in [-0.39, 0.29) is 5.91 Å². The van der Waals surface area contributed by atoms with E-state index >= 15 is 0 Å². The van der Waals surface area contributed by atoms with Crippen molar-refractivity contribution in [3.63, 3.8) is 0 Å². The molecule has 2 rings (SSSR count). The summed E-state index contributed by atoms with van der Waals surface area (Å²) in [5.74, 6) is 6.48. The maximum Gasteiger partial charge on any atom is 0.224 e. The van der Waals surface area contributed by atoms with Crippen molar-refractivity contribution in [3.8, 4) is 11.8 Å². The molecule has 0 fully saturated rings. The first-order chi connectivity index (χ1) is 9.78. The van der Waals surface area contributed by atoms with Crippen LogP contribution in [0, 0.1) is 11.8 Å². The molecule has 0 bridgehead atoms. The predicted molar refractivity (Wildman–Crippen MR) is 78.0 cm³/mol. The molecule has 0 radical (unpaired) electrons. The minimum absolute atomic E-state index is 0.0396. The fraction of sp³-hybridized carbons (Fsp3) is 0.188. The Morgan fingerprint density at radius 3 is 2.70 bits per heavy atom. The summed E-state index contributed by atoms with van der Waals surface area (Å²) in [6.07, 6.45) is 2.59. The van der Waals surface area contributed by atoms with E-state index in [0.717, 1.165) is 17.0 Å². The van der Waals surface area contributed by atoms with Crippen molar-refractivity contribution < 1.29 is 9.21 Å². The van der Waals surface area contributed by atoms with Gasteiger partial charge in [-0.2, -0.15) is 0 Å². The van der Waals surface area contributed by atoms with Gasteiger partial charge >= 0.3 is 0 Å². The summed E-state index contributed by atoms with van der Waals surface area (Å²) in [4.78, 5) is 11.8. The van der Waals surface area contributed by atoms with E-state index in [0.29, 0.717) is 19.4 Å². The van der Waals surface area contributed by atoms with Crippen LogP contribution in [0.2, 0.25) is 0 Å². The van der Waals surface area contributed by atoms with Crippen LogP contribution >= 0.6 is 0 Å². The largest absolute Gasteiger partial charge is 0.469 e. The van der Waals surface area contributed by atoms with Gasteiger partial charge in [-0.25, -0.2) is 0 Å². The first-order valence-corrected chi connectivity index (χ1v) is 6.39. The molecule has 0 saturated heterocycles. The van der Waals surface area contributed by atoms with Crippen LogP contribution in [-0.2, 0) is 11.2 Å². The third kappa shape index (κ3) is 4.30. The molecule has 0 aliphatic rings. The second-order valence-electron chi connectivity index (χ2n) is 4.21. The molecule has 1 amide bonds. The van der Waals surface area contributed by atoms with E-state index in [9.17, 15) is 4.79 Å². The summed E-state index contributed by atoms with van der Waals surface area (Å²) >= 11 is 0. The molecule has 0 saturated carbocycles. The van der Waals surface area contributed by atoms with Gasteiger partial charge in [-0.15, -0.1) is 0 Å². The molecule has 0 aliphatic carbocycles. The van der Waals surface area contributed by atoms with Crippen molar-refractivity contribution in [2.75, 3.05) is 11.9 Å². The van der Waals surface area contributed by atoms with Crippen LogP contribution in [0.3, 0.4) is 0 Å². The van der Waals surface area contributed by atoms with Gasteiger partial charge in [0.15, 0.2) is 0 Å². The van der Waals surface area contributed by atoms with Gasteiger partial charge in [-0.1, -0.05) is 11.8 Å². The van der Waals surface area contributed by atoms with Crippen LogP contribution in [-0.4, -0.2) is 12.5 Å². The van der Waals surface area contributed by atoms with E-state index in [1.54, 1.807) is 6.26 Å². The van der Waals surface area contributed by atoms with Crippen molar-refractivity contribution in [3.05, 3.63) is 54.0 Å². The van der Waals surface area contributed by atoms with Crippen LogP contribution in [0.5, 0.6) is 0 Å². The zero-order valence-corrected chi connectivity index (χ0v) is 11.1. The molecule has 0 aliphatic heterocycles. The lowest BCUT2D eigenvalue weighted by Gasteiger charge is -2.04. The predicted octanol–water partition coefficient (Wildman–Crippen LogP) is 2.16. The number of furan rings is 1. The van der Waals surface area contributed by atoms with Gasteiger partial charge in [0.25, 0.3) is 0 Å². The number of anilines is 1. The molecule has 2 aromatic rings. The quantitative estimate of drug-likeness (QED) is 0.835. The summed E-state index contributed by atoms with van der Waals surface area (Å²) in [5, 5.41) is 2.83. The fourth-order valence-electron chi connectivity index (χ4n) is 1.71. The molecule has 4 heteroatoms. The Kier molecular flexibility index (Phi) is 4.99. The maximum absolute atomic E-state index is 11.8. The number of rotatable bonds is 4. The Morgan fingerprint density at radius 1 is 1.25 bits per heavy atom. The molecular weight excluding hydrogens is 252 g/mol. The molecule has 3 N–H and O–H groups in total. The van der Waals surface area contributed by atoms with Gasteiger partial charge in [0.1, 0.15) is 5.76 Å². The van der Waals surface area contributed by atoms with Crippen molar-refractivity contribution in [2.24, 2.45) is 5.73 Å². The Morgan fingerprint density at radius 2 is 2.05 bits per heavy atom. The molecule has 0 unspecified atom stereocenters. The molecule has 1 aromatic carbocycles. The van der Waals surface area contributed by atoms with E-state index in [1.807, 2.05) is 36.4 Å². The van der Waals surface area contributed by atoms with Crippen LogP contribution < -0.4 is 11.1 Å². The van der Waals surface area contributed by atoms with E-state index in [2.05, 4.69) is 17.2 Å². The first-order valence-electron chi connectivity index (χ1n) is 6.39. The highest BCUT2D eigenvalue weighted by Gasteiger charge is 2.04. The lowest BCUT2D eigenvalue weighted by atomic mass is 10.2. The number of carbonyl (C=O) groups is 1. The summed E-state index contributed by atoms with van der Waals surface area (Å²) in [7, 11) is 0. The monoisotopic (exact) mass is 268 g/mol. The van der Waals surface area contributed by atoms with E-state index < -0.39 is 0 Å². The summed E-state index contributed by atoms with van der Waals surface area (Å²) in [5.41, 5.74) is 6.94. The zero-order chi connectivity index (χ0) is 14.2. The minimum Gasteiger partial charge on any atom is -0.469 e. The van der Waals surface area contributed by atoms with E-state index in [1.165, 1.54) is 0 Å². The number of nitrogens with two attached hydrogens (primary N) is 1. The summed E-state index contributed by atoms with van der Waals surface area (Å²) in [6, 6.07) is 11.0. The number of carbonyl (C=O) groups excluding carboxylic acids is 1. The number of hydrogen-bond donors (Lipinski definition) is 2. The highest BCUT2D eigenvalue weighted by Crippen LogP contribution is 2.10. The lowest BCUT2D eigenvalue weighted by molar-refractivity contribution is -0.116. The van der Waals surface area contributed by atoms with Crippen molar-refractivity contribution in [1.82, 2.24) is 0 Å². The SMILES string of the molecule is NCC#Cc1ccc(NC(=O)CCc2ccco2)cc1. The Bertz CT molecular complexity index is 604. The number of benzene rings is 1. The smallest absolute Gasteiger partial charge is 0.224 e. The number of amides is 1. The molecule has 4 nitrogen and oxygen atoms in total. The van der Waals surface area contributed by atoms with Gasteiger partial charge in [0, 0.05) is 24.1 Å². The molecule has 102 valence electrons. The highest BCUT2D eigenvalue weighted by atomic mass is 16.3. The van der Waals surface area contributed by atoms with Gasteiger partial charge in [-0.05, 0) is 36.4 Å². The Balaban J connectivity index is 1.84.